The molecule has 21 heavy (non-hydrogen) atoms. The van der Waals surface area contributed by atoms with Crippen LogP contribution < -0.4 is 10.5 Å². The molecule has 2 rings (SSSR count). The zero-order chi connectivity index (χ0) is 15.7. The molecule has 0 aliphatic heterocycles. The van der Waals surface area contributed by atoms with Gasteiger partial charge in [0.25, 0.3) is 0 Å². The highest BCUT2D eigenvalue weighted by atomic mass is 19.4. The molecule has 3 nitrogen and oxygen atoms in total. The Balaban J connectivity index is 2.21. The lowest BCUT2D eigenvalue weighted by atomic mass is 9.73. The van der Waals surface area contributed by atoms with E-state index in [1.54, 1.807) is 0 Å². The first kappa shape index (κ1) is 15.8. The van der Waals surface area contributed by atoms with Crippen molar-refractivity contribution in [3.8, 4) is 5.75 Å². The van der Waals surface area contributed by atoms with Gasteiger partial charge in [-0.3, -0.25) is 4.79 Å². The van der Waals surface area contributed by atoms with Gasteiger partial charge in [0, 0.05) is 5.56 Å². The van der Waals surface area contributed by atoms with E-state index in [4.69, 9.17) is 5.73 Å². The molecule has 2 N–H and O–H groups in total. The summed E-state index contributed by atoms with van der Waals surface area (Å²) in [5.74, 6) is -0.384. The Morgan fingerprint density at radius 2 is 2.14 bits per heavy atom. The molecule has 0 radical (unpaired) electrons. The number of alkyl halides is 3. The molecule has 0 bridgehead atoms. The van der Waals surface area contributed by atoms with Gasteiger partial charge in [-0.2, -0.15) is 0 Å². The average Bonchev–Trinajstić information content (AvgIpc) is 2.36. The molecule has 1 saturated carbocycles. The normalized spacial score (nSPS) is 26.4. The summed E-state index contributed by atoms with van der Waals surface area (Å²) >= 11 is 0. The summed E-state index contributed by atoms with van der Waals surface area (Å²) < 4.78 is 40.5. The van der Waals surface area contributed by atoms with Crippen molar-refractivity contribution < 1.29 is 22.7 Å². The minimum atomic E-state index is -4.78. The van der Waals surface area contributed by atoms with E-state index >= 15 is 0 Å². The Labute approximate surface area is 121 Å². The van der Waals surface area contributed by atoms with Gasteiger partial charge >= 0.3 is 6.36 Å². The lowest BCUT2D eigenvalue weighted by molar-refractivity contribution is -0.274. The smallest absolute Gasteiger partial charge is 0.406 e. The van der Waals surface area contributed by atoms with Crippen molar-refractivity contribution in [2.75, 3.05) is 0 Å². The van der Waals surface area contributed by atoms with Crippen molar-refractivity contribution in [3.63, 3.8) is 0 Å². The van der Waals surface area contributed by atoms with Crippen LogP contribution in [0, 0.1) is 5.92 Å². The van der Waals surface area contributed by atoms with E-state index in [9.17, 15) is 18.0 Å². The fourth-order valence-corrected chi connectivity index (χ4v) is 2.92. The predicted molar refractivity (Wildman–Crippen MR) is 72.0 cm³/mol. The van der Waals surface area contributed by atoms with E-state index in [1.807, 2.05) is 6.92 Å². The Morgan fingerprint density at radius 1 is 1.43 bits per heavy atom. The summed E-state index contributed by atoms with van der Waals surface area (Å²) in [5, 5.41) is 0. The summed E-state index contributed by atoms with van der Waals surface area (Å²) in [6.07, 6.45) is -1.80. The molecule has 0 amide bonds. The molecular formula is C15H18F3NO2. The fourth-order valence-electron chi connectivity index (χ4n) is 2.92. The number of nitrogens with two attached hydrogens (primary N) is 1. The molecule has 6 heteroatoms. The minimum absolute atomic E-state index is 0.161. The van der Waals surface area contributed by atoms with Crippen LogP contribution in [0.3, 0.4) is 0 Å². The van der Waals surface area contributed by atoms with Crippen LogP contribution in [-0.4, -0.2) is 17.7 Å². The molecule has 2 atom stereocenters. The number of hydrogen-bond donors (Lipinski definition) is 1. The molecule has 116 valence electrons. The van der Waals surface area contributed by atoms with Crippen LogP contribution in [0.4, 0.5) is 13.2 Å². The SMILES string of the molecule is CC1CCCC(N)(C(=O)c2cccc(OC(F)(F)F)c2)C1. The van der Waals surface area contributed by atoms with Gasteiger partial charge in [0.1, 0.15) is 5.75 Å². The van der Waals surface area contributed by atoms with Crippen LogP contribution in [0.1, 0.15) is 43.0 Å². The molecule has 1 aliphatic carbocycles. The third-order valence-electron chi connectivity index (χ3n) is 3.81. The van der Waals surface area contributed by atoms with Crippen molar-refractivity contribution in [1.82, 2.24) is 0 Å². The standard InChI is InChI=1S/C15H18F3NO2/c1-10-4-3-7-14(19,9-10)13(20)11-5-2-6-12(8-11)21-15(16,17)18/h2,5-6,8,10H,3-4,7,9,19H2,1H3. The van der Waals surface area contributed by atoms with Crippen LogP contribution in [0.2, 0.25) is 0 Å². The molecule has 1 aromatic carbocycles. The maximum atomic E-state index is 12.5. The number of benzene rings is 1. The summed E-state index contributed by atoms with van der Waals surface area (Å²) in [5.41, 5.74) is 5.36. The van der Waals surface area contributed by atoms with Crippen LogP contribution in [0.5, 0.6) is 5.75 Å². The Kier molecular flexibility index (Phi) is 4.27. The number of hydrogen-bond acceptors (Lipinski definition) is 3. The van der Waals surface area contributed by atoms with Gasteiger partial charge in [-0.05, 0) is 30.9 Å². The Morgan fingerprint density at radius 3 is 2.76 bits per heavy atom. The van der Waals surface area contributed by atoms with Crippen LogP contribution in [-0.2, 0) is 0 Å². The van der Waals surface area contributed by atoms with Crippen LogP contribution in [0.25, 0.3) is 0 Å². The highest BCUT2D eigenvalue weighted by Gasteiger charge is 2.38. The van der Waals surface area contributed by atoms with E-state index in [-0.39, 0.29) is 11.3 Å². The van der Waals surface area contributed by atoms with Gasteiger partial charge in [-0.25, -0.2) is 0 Å². The van der Waals surface area contributed by atoms with Gasteiger partial charge < -0.3 is 10.5 Å². The van der Waals surface area contributed by atoms with Gasteiger partial charge in [-0.1, -0.05) is 31.9 Å². The quantitative estimate of drug-likeness (QED) is 0.867. The molecule has 1 fully saturated rings. The average molecular weight is 301 g/mol. The predicted octanol–water partition coefficient (Wildman–Crippen LogP) is 3.68. The van der Waals surface area contributed by atoms with Crippen molar-refractivity contribution >= 4 is 5.78 Å². The van der Waals surface area contributed by atoms with Crippen molar-refractivity contribution in [3.05, 3.63) is 29.8 Å². The third-order valence-corrected chi connectivity index (χ3v) is 3.81. The molecule has 0 heterocycles. The number of Topliss-reactive ketones (excluding diaryl/α,β-unsaturated/α-hetero) is 1. The maximum absolute atomic E-state index is 12.5. The number of carbonyl (C=O) groups is 1. The highest BCUT2D eigenvalue weighted by Crippen LogP contribution is 2.33. The second-order valence-electron chi connectivity index (χ2n) is 5.76. The summed E-state index contributed by atoms with van der Waals surface area (Å²) in [6.45, 7) is 2.03. The number of ether oxygens (including phenoxy) is 1. The number of carbonyl (C=O) groups excluding carboxylic acids is 1. The number of ketones is 1. The zero-order valence-corrected chi connectivity index (χ0v) is 11.7. The van der Waals surface area contributed by atoms with Gasteiger partial charge in [-0.15, -0.1) is 13.2 Å². The van der Waals surface area contributed by atoms with Crippen LogP contribution in [0.15, 0.2) is 24.3 Å². The fraction of sp³-hybridized carbons (Fsp3) is 0.533. The van der Waals surface area contributed by atoms with E-state index in [0.29, 0.717) is 18.8 Å². The largest absolute Gasteiger partial charge is 0.573 e. The first-order valence-electron chi connectivity index (χ1n) is 6.89. The summed E-state index contributed by atoms with van der Waals surface area (Å²) in [6, 6.07) is 5.10. The van der Waals surface area contributed by atoms with E-state index in [2.05, 4.69) is 4.74 Å². The topological polar surface area (TPSA) is 52.3 Å². The lowest BCUT2D eigenvalue weighted by Crippen LogP contribution is -2.51. The molecule has 1 aromatic rings. The molecular weight excluding hydrogens is 283 g/mol. The minimum Gasteiger partial charge on any atom is -0.406 e. The molecule has 0 aromatic heterocycles. The number of rotatable bonds is 3. The highest BCUT2D eigenvalue weighted by molar-refractivity contribution is 6.03. The summed E-state index contributed by atoms with van der Waals surface area (Å²) in [4.78, 5) is 12.5. The molecule has 0 saturated heterocycles. The first-order chi connectivity index (χ1) is 9.70. The zero-order valence-electron chi connectivity index (χ0n) is 11.7. The van der Waals surface area contributed by atoms with Gasteiger partial charge in [0.15, 0.2) is 5.78 Å². The van der Waals surface area contributed by atoms with E-state index in [1.165, 1.54) is 12.1 Å². The third kappa shape index (κ3) is 3.97. The molecule has 0 spiro atoms. The van der Waals surface area contributed by atoms with E-state index < -0.39 is 17.7 Å². The maximum Gasteiger partial charge on any atom is 0.573 e. The van der Waals surface area contributed by atoms with Crippen molar-refractivity contribution in [2.45, 2.75) is 44.5 Å². The van der Waals surface area contributed by atoms with Crippen molar-refractivity contribution in [1.29, 1.82) is 0 Å². The second kappa shape index (κ2) is 5.67. The van der Waals surface area contributed by atoms with Crippen LogP contribution >= 0.6 is 0 Å². The Bertz CT molecular complexity index is 530. The second-order valence-corrected chi connectivity index (χ2v) is 5.76. The van der Waals surface area contributed by atoms with Gasteiger partial charge in [0.2, 0.25) is 0 Å². The van der Waals surface area contributed by atoms with Crippen molar-refractivity contribution in [2.24, 2.45) is 11.7 Å². The number of halogens is 3. The van der Waals surface area contributed by atoms with E-state index in [0.717, 1.165) is 25.0 Å². The lowest BCUT2D eigenvalue weighted by Gasteiger charge is -2.35. The summed E-state index contributed by atoms with van der Waals surface area (Å²) in [7, 11) is 0. The molecule has 2 unspecified atom stereocenters. The Hall–Kier alpha value is -1.56. The van der Waals surface area contributed by atoms with Gasteiger partial charge in [0.05, 0.1) is 5.54 Å². The molecule has 1 aliphatic rings. The first-order valence-corrected chi connectivity index (χ1v) is 6.89. The monoisotopic (exact) mass is 301 g/mol.